The topological polar surface area (TPSA) is 71.7 Å². The highest BCUT2D eigenvalue weighted by Crippen LogP contribution is 2.22. The van der Waals surface area contributed by atoms with E-state index in [-0.39, 0.29) is 11.8 Å². The minimum Gasteiger partial charge on any atom is -0.422 e. The predicted molar refractivity (Wildman–Crippen MR) is 79.5 cm³/mol. The average Bonchev–Trinajstić information content (AvgIpc) is 3.23. The number of carbonyl (C=O) groups is 1. The molecular weight excluding hydrogens is 284 g/mol. The second-order valence-corrected chi connectivity index (χ2v) is 5.69. The summed E-state index contributed by atoms with van der Waals surface area (Å²) in [5, 5.41) is 0. The number of oxazole rings is 1. The Hall–Kier alpha value is -2.15. The molecule has 0 aromatic carbocycles. The first-order valence-electron chi connectivity index (χ1n) is 7.64. The van der Waals surface area contributed by atoms with Crippen molar-refractivity contribution in [3.05, 3.63) is 18.3 Å². The summed E-state index contributed by atoms with van der Waals surface area (Å²) < 4.78 is 11.0. The van der Waals surface area contributed by atoms with Gasteiger partial charge in [-0.15, -0.1) is 0 Å². The SMILES string of the molecule is O=C(C1CCOC1)N1CCN(c2nc3ncccc3o2)CC1. The van der Waals surface area contributed by atoms with Gasteiger partial charge in [-0.3, -0.25) is 4.79 Å². The van der Waals surface area contributed by atoms with Crippen LogP contribution in [0.1, 0.15) is 6.42 Å². The van der Waals surface area contributed by atoms with Crippen LogP contribution < -0.4 is 4.90 Å². The fourth-order valence-corrected chi connectivity index (χ4v) is 3.00. The van der Waals surface area contributed by atoms with Crippen LogP contribution in [0.25, 0.3) is 11.2 Å². The van der Waals surface area contributed by atoms with E-state index in [1.807, 2.05) is 17.0 Å². The summed E-state index contributed by atoms with van der Waals surface area (Å²) in [7, 11) is 0. The summed E-state index contributed by atoms with van der Waals surface area (Å²) in [5.74, 6) is 0.261. The van der Waals surface area contributed by atoms with Crippen LogP contribution in [0.15, 0.2) is 22.7 Å². The van der Waals surface area contributed by atoms with E-state index in [0.717, 1.165) is 19.5 Å². The summed E-state index contributed by atoms with van der Waals surface area (Å²) in [6.07, 6.45) is 2.55. The van der Waals surface area contributed by atoms with Gasteiger partial charge in [0.25, 0.3) is 6.01 Å². The molecule has 2 saturated heterocycles. The molecule has 1 unspecified atom stereocenters. The molecule has 0 aliphatic carbocycles. The number of hydrogen-bond donors (Lipinski definition) is 0. The van der Waals surface area contributed by atoms with Crippen molar-refractivity contribution in [3.8, 4) is 0 Å². The molecule has 2 aromatic heterocycles. The number of piperazine rings is 1. The van der Waals surface area contributed by atoms with Crippen molar-refractivity contribution < 1.29 is 13.9 Å². The van der Waals surface area contributed by atoms with Gasteiger partial charge < -0.3 is 19.0 Å². The van der Waals surface area contributed by atoms with Crippen LogP contribution in [0.2, 0.25) is 0 Å². The Balaban J connectivity index is 1.41. The highest BCUT2D eigenvalue weighted by Gasteiger charge is 2.31. The Morgan fingerprint density at radius 3 is 2.86 bits per heavy atom. The number of nitrogens with zero attached hydrogens (tertiary/aromatic N) is 4. The first-order chi connectivity index (χ1) is 10.8. The van der Waals surface area contributed by atoms with Crippen LogP contribution in [0.4, 0.5) is 6.01 Å². The van der Waals surface area contributed by atoms with Crippen molar-refractivity contribution >= 4 is 23.2 Å². The Labute approximate surface area is 127 Å². The van der Waals surface area contributed by atoms with Crippen LogP contribution >= 0.6 is 0 Å². The molecule has 4 rings (SSSR count). The number of rotatable bonds is 2. The van der Waals surface area contributed by atoms with E-state index in [2.05, 4.69) is 14.9 Å². The number of aromatic nitrogens is 2. The molecular formula is C15H18N4O3. The van der Waals surface area contributed by atoms with E-state index in [9.17, 15) is 4.79 Å². The van der Waals surface area contributed by atoms with Crippen LogP contribution in [0, 0.1) is 5.92 Å². The van der Waals surface area contributed by atoms with Gasteiger partial charge in [0.1, 0.15) is 0 Å². The van der Waals surface area contributed by atoms with Crippen molar-refractivity contribution in [2.75, 3.05) is 44.3 Å². The number of carbonyl (C=O) groups excluding carboxylic acids is 1. The summed E-state index contributed by atoms with van der Waals surface area (Å²) in [6, 6.07) is 4.28. The molecule has 116 valence electrons. The molecule has 2 fully saturated rings. The lowest BCUT2D eigenvalue weighted by Gasteiger charge is -2.34. The summed E-state index contributed by atoms with van der Waals surface area (Å²) in [6.45, 7) is 4.11. The molecule has 0 saturated carbocycles. The fourth-order valence-electron chi connectivity index (χ4n) is 3.00. The zero-order valence-electron chi connectivity index (χ0n) is 12.3. The molecule has 4 heterocycles. The Bertz CT molecular complexity index is 639. The van der Waals surface area contributed by atoms with E-state index < -0.39 is 0 Å². The van der Waals surface area contributed by atoms with Crippen LogP contribution in [-0.4, -0.2) is 60.2 Å². The molecule has 2 aromatic rings. The quantitative estimate of drug-likeness (QED) is 0.821. The third-order valence-corrected chi connectivity index (χ3v) is 4.29. The van der Waals surface area contributed by atoms with Crippen molar-refractivity contribution in [1.82, 2.24) is 14.9 Å². The number of fused-ring (bicyclic) bond motifs is 1. The van der Waals surface area contributed by atoms with Gasteiger partial charge in [-0.2, -0.15) is 4.98 Å². The Kier molecular flexibility index (Phi) is 3.42. The van der Waals surface area contributed by atoms with Gasteiger partial charge in [-0.25, -0.2) is 4.98 Å². The van der Waals surface area contributed by atoms with E-state index in [1.54, 1.807) is 6.20 Å². The van der Waals surface area contributed by atoms with Crippen molar-refractivity contribution in [3.63, 3.8) is 0 Å². The molecule has 0 spiro atoms. The van der Waals surface area contributed by atoms with Crippen LogP contribution in [0.5, 0.6) is 0 Å². The molecule has 0 N–H and O–H groups in total. The monoisotopic (exact) mass is 302 g/mol. The second-order valence-electron chi connectivity index (χ2n) is 5.69. The summed E-state index contributed by atoms with van der Waals surface area (Å²) in [4.78, 5) is 24.9. The number of hydrogen-bond acceptors (Lipinski definition) is 6. The largest absolute Gasteiger partial charge is 0.422 e. The zero-order chi connectivity index (χ0) is 14.9. The van der Waals surface area contributed by atoms with E-state index in [1.165, 1.54) is 0 Å². The third-order valence-electron chi connectivity index (χ3n) is 4.29. The summed E-state index contributed by atoms with van der Waals surface area (Å²) >= 11 is 0. The Morgan fingerprint density at radius 1 is 1.27 bits per heavy atom. The smallest absolute Gasteiger partial charge is 0.300 e. The number of pyridine rings is 1. The molecule has 0 radical (unpaired) electrons. The van der Waals surface area contributed by atoms with Crippen molar-refractivity contribution in [2.24, 2.45) is 5.92 Å². The van der Waals surface area contributed by atoms with Crippen molar-refractivity contribution in [2.45, 2.75) is 6.42 Å². The third kappa shape index (κ3) is 2.41. The minimum atomic E-state index is 0.0417. The van der Waals surface area contributed by atoms with Crippen LogP contribution in [-0.2, 0) is 9.53 Å². The second kappa shape index (κ2) is 5.57. The standard InChI is InChI=1S/C15H18N4O3/c20-14(11-3-9-21-10-11)18-5-7-19(8-6-18)15-17-13-12(22-15)2-1-4-16-13/h1-2,4,11H,3,5-10H2. The number of amides is 1. The number of ether oxygens (including phenoxy) is 1. The van der Waals surface area contributed by atoms with Gasteiger partial charge in [0, 0.05) is 39.0 Å². The maximum atomic E-state index is 12.4. The average molecular weight is 302 g/mol. The fraction of sp³-hybridized carbons (Fsp3) is 0.533. The minimum absolute atomic E-state index is 0.0417. The molecule has 1 amide bonds. The molecule has 2 aliphatic rings. The van der Waals surface area contributed by atoms with Gasteiger partial charge in [0.05, 0.1) is 12.5 Å². The van der Waals surface area contributed by atoms with Gasteiger partial charge in [0.2, 0.25) is 11.6 Å². The normalized spacial score (nSPS) is 22.5. The maximum Gasteiger partial charge on any atom is 0.300 e. The molecule has 0 bridgehead atoms. The maximum absolute atomic E-state index is 12.4. The van der Waals surface area contributed by atoms with E-state index in [4.69, 9.17) is 9.15 Å². The lowest BCUT2D eigenvalue weighted by molar-refractivity contribution is -0.135. The predicted octanol–water partition coefficient (Wildman–Crippen LogP) is 0.908. The highest BCUT2D eigenvalue weighted by atomic mass is 16.5. The zero-order valence-corrected chi connectivity index (χ0v) is 12.3. The molecule has 22 heavy (non-hydrogen) atoms. The first kappa shape index (κ1) is 13.5. The molecule has 1 atom stereocenters. The van der Waals surface area contributed by atoms with E-state index in [0.29, 0.717) is 43.5 Å². The molecule has 7 nitrogen and oxygen atoms in total. The molecule has 7 heteroatoms. The number of anilines is 1. The summed E-state index contributed by atoms with van der Waals surface area (Å²) in [5.41, 5.74) is 1.32. The lowest BCUT2D eigenvalue weighted by Crippen LogP contribution is -2.50. The van der Waals surface area contributed by atoms with Gasteiger partial charge in [-0.05, 0) is 18.6 Å². The van der Waals surface area contributed by atoms with Gasteiger partial charge in [0.15, 0.2) is 5.58 Å². The van der Waals surface area contributed by atoms with Crippen LogP contribution in [0.3, 0.4) is 0 Å². The van der Waals surface area contributed by atoms with Gasteiger partial charge >= 0.3 is 0 Å². The first-order valence-corrected chi connectivity index (χ1v) is 7.64. The van der Waals surface area contributed by atoms with Gasteiger partial charge in [-0.1, -0.05) is 0 Å². The molecule has 2 aliphatic heterocycles. The van der Waals surface area contributed by atoms with Crippen molar-refractivity contribution in [1.29, 1.82) is 0 Å². The van der Waals surface area contributed by atoms with E-state index >= 15 is 0 Å². The highest BCUT2D eigenvalue weighted by molar-refractivity contribution is 5.79. The Morgan fingerprint density at radius 2 is 2.14 bits per heavy atom. The lowest BCUT2D eigenvalue weighted by atomic mass is 10.1.